The predicted octanol–water partition coefficient (Wildman–Crippen LogP) is 3.41. The summed E-state index contributed by atoms with van der Waals surface area (Å²) in [6, 6.07) is 5.01. The highest BCUT2D eigenvalue weighted by Crippen LogP contribution is 2.29. The lowest BCUT2D eigenvalue weighted by molar-refractivity contribution is 0.621. The third kappa shape index (κ3) is 2.44. The molecule has 3 heteroatoms. The first-order valence-electron chi connectivity index (χ1n) is 4.44. The normalized spacial score (nSPS) is 15.8. The molecule has 0 aromatic heterocycles. The molecule has 1 nitrogen and oxygen atoms in total. The van der Waals surface area contributed by atoms with Crippen LogP contribution in [0.15, 0.2) is 22.7 Å². The highest BCUT2D eigenvalue weighted by Gasteiger charge is 2.20. The molecule has 0 radical (unpaired) electrons. The summed E-state index contributed by atoms with van der Waals surface area (Å²) >= 11 is 3.15. The minimum atomic E-state index is -0.211. The molecule has 0 saturated heterocycles. The summed E-state index contributed by atoms with van der Waals surface area (Å²) in [6.07, 6.45) is 2.66. The molecule has 0 aliphatic heterocycles. The van der Waals surface area contributed by atoms with Gasteiger partial charge in [-0.1, -0.05) is 0 Å². The van der Waals surface area contributed by atoms with Crippen LogP contribution in [0.4, 0.5) is 10.1 Å². The van der Waals surface area contributed by atoms with Crippen molar-refractivity contribution in [3.63, 3.8) is 0 Å². The van der Waals surface area contributed by atoms with E-state index in [1.807, 2.05) is 0 Å². The van der Waals surface area contributed by atoms with Crippen LogP contribution in [0, 0.1) is 11.7 Å². The van der Waals surface area contributed by atoms with E-state index in [9.17, 15) is 4.39 Å². The summed E-state index contributed by atoms with van der Waals surface area (Å²) in [7, 11) is 0. The summed E-state index contributed by atoms with van der Waals surface area (Å²) in [5.74, 6) is 0.626. The van der Waals surface area contributed by atoms with Crippen LogP contribution in [0.25, 0.3) is 0 Å². The number of hydrogen-bond acceptors (Lipinski definition) is 1. The molecule has 0 bridgehead atoms. The van der Waals surface area contributed by atoms with Crippen LogP contribution >= 0.6 is 15.9 Å². The molecular formula is C10H11BrFN. The van der Waals surface area contributed by atoms with E-state index in [1.54, 1.807) is 12.1 Å². The lowest BCUT2D eigenvalue weighted by Gasteiger charge is -2.05. The first-order chi connectivity index (χ1) is 6.25. The van der Waals surface area contributed by atoms with Crippen molar-refractivity contribution in [1.82, 2.24) is 0 Å². The van der Waals surface area contributed by atoms with Crippen molar-refractivity contribution in [2.24, 2.45) is 5.92 Å². The highest BCUT2D eigenvalue weighted by molar-refractivity contribution is 9.10. The van der Waals surface area contributed by atoms with Crippen LogP contribution in [-0.4, -0.2) is 6.54 Å². The van der Waals surface area contributed by atoms with E-state index in [1.165, 1.54) is 18.9 Å². The van der Waals surface area contributed by atoms with E-state index < -0.39 is 0 Å². The van der Waals surface area contributed by atoms with Crippen molar-refractivity contribution in [1.29, 1.82) is 0 Å². The maximum absolute atomic E-state index is 12.8. The maximum atomic E-state index is 12.8. The zero-order chi connectivity index (χ0) is 9.26. The van der Waals surface area contributed by atoms with Gasteiger partial charge in [-0.05, 0) is 52.9 Å². The van der Waals surface area contributed by atoms with Gasteiger partial charge in [0.25, 0.3) is 0 Å². The van der Waals surface area contributed by atoms with Gasteiger partial charge in [0.05, 0.1) is 4.47 Å². The van der Waals surface area contributed by atoms with Crippen molar-refractivity contribution in [2.75, 3.05) is 11.9 Å². The summed E-state index contributed by atoms with van der Waals surface area (Å²) in [6.45, 7) is 1.01. The van der Waals surface area contributed by atoms with Gasteiger partial charge < -0.3 is 5.32 Å². The SMILES string of the molecule is Fc1ccc(NCC2CC2)cc1Br. The molecule has 0 unspecified atom stereocenters. The Kier molecular flexibility index (Phi) is 2.54. The van der Waals surface area contributed by atoms with Crippen LogP contribution < -0.4 is 5.32 Å². The number of nitrogens with one attached hydrogen (secondary N) is 1. The largest absolute Gasteiger partial charge is 0.385 e. The quantitative estimate of drug-likeness (QED) is 0.859. The average molecular weight is 244 g/mol. The molecule has 1 fully saturated rings. The van der Waals surface area contributed by atoms with Gasteiger partial charge in [0, 0.05) is 12.2 Å². The Balaban J connectivity index is 1.98. The number of anilines is 1. The lowest BCUT2D eigenvalue weighted by Crippen LogP contribution is -2.02. The molecule has 0 heterocycles. The van der Waals surface area contributed by atoms with Crippen molar-refractivity contribution in [2.45, 2.75) is 12.8 Å². The number of hydrogen-bond donors (Lipinski definition) is 1. The molecule has 0 spiro atoms. The predicted molar refractivity (Wildman–Crippen MR) is 55.3 cm³/mol. The Morgan fingerprint density at radius 3 is 2.85 bits per heavy atom. The minimum Gasteiger partial charge on any atom is -0.385 e. The number of halogens is 2. The van der Waals surface area contributed by atoms with Crippen molar-refractivity contribution < 1.29 is 4.39 Å². The molecule has 1 N–H and O–H groups in total. The molecular weight excluding hydrogens is 233 g/mol. The van der Waals surface area contributed by atoms with Gasteiger partial charge in [-0.25, -0.2) is 4.39 Å². The fourth-order valence-corrected chi connectivity index (χ4v) is 1.57. The van der Waals surface area contributed by atoms with Gasteiger partial charge in [-0.3, -0.25) is 0 Å². The second kappa shape index (κ2) is 3.66. The summed E-state index contributed by atoms with van der Waals surface area (Å²) in [5, 5.41) is 3.28. The third-order valence-electron chi connectivity index (χ3n) is 2.21. The Labute approximate surface area is 85.5 Å². The van der Waals surface area contributed by atoms with E-state index in [0.29, 0.717) is 4.47 Å². The molecule has 70 valence electrons. The molecule has 1 aliphatic rings. The van der Waals surface area contributed by atoms with E-state index in [0.717, 1.165) is 18.2 Å². The molecule has 1 aromatic rings. The van der Waals surface area contributed by atoms with Crippen molar-refractivity contribution >= 4 is 21.6 Å². The molecule has 1 aliphatic carbocycles. The van der Waals surface area contributed by atoms with Gasteiger partial charge in [-0.2, -0.15) is 0 Å². The summed E-state index contributed by atoms with van der Waals surface area (Å²) in [4.78, 5) is 0. The van der Waals surface area contributed by atoms with Crippen LogP contribution in [0.2, 0.25) is 0 Å². The zero-order valence-electron chi connectivity index (χ0n) is 7.19. The highest BCUT2D eigenvalue weighted by atomic mass is 79.9. The van der Waals surface area contributed by atoms with Crippen molar-refractivity contribution in [3.8, 4) is 0 Å². The lowest BCUT2D eigenvalue weighted by atomic mass is 10.3. The number of rotatable bonds is 3. The average Bonchev–Trinajstić information content (AvgIpc) is 2.91. The smallest absolute Gasteiger partial charge is 0.137 e. The van der Waals surface area contributed by atoms with Crippen LogP contribution in [-0.2, 0) is 0 Å². The molecule has 1 saturated carbocycles. The summed E-state index contributed by atoms with van der Waals surface area (Å²) < 4.78 is 13.4. The van der Waals surface area contributed by atoms with Gasteiger partial charge in [0.2, 0.25) is 0 Å². The molecule has 2 rings (SSSR count). The topological polar surface area (TPSA) is 12.0 Å². The first-order valence-corrected chi connectivity index (χ1v) is 5.24. The van der Waals surface area contributed by atoms with E-state index >= 15 is 0 Å². The molecule has 1 aromatic carbocycles. The Hall–Kier alpha value is -0.570. The molecule has 0 amide bonds. The van der Waals surface area contributed by atoms with Gasteiger partial charge in [0.15, 0.2) is 0 Å². The van der Waals surface area contributed by atoms with Crippen molar-refractivity contribution in [3.05, 3.63) is 28.5 Å². The second-order valence-electron chi connectivity index (χ2n) is 3.45. The standard InChI is InChI=1S/C10H11BrFN/c11-9-5-8(3-4-10(9)12)13-6-7-1-2-7/h3-5,7,13H,1-2,6H2. The van der Waals surface area contributed by atoms with E-state index in [4.69, 9.17) is 0 Å². The summed E-state index contributed by atoms with van der Waals surface area (Å²) in [5.41, 5.74) is 0.986. The maximum Gasteiger partial charge on any atom is 0.137 e. The fourth-order valence-electron chi connectivity index (χ4n) is 1.19. The van der Waals surface area contributed by atoms with E-state index in [-0.39, 0.29) is 5.82 Å². The zero-order valence-corrected chi connectivity index (χ0v) is 8.77. The Bertz CT molecular complexity index is 310. The number of benzene rings is 1. The molecule has 0 atom stereocenters. The minimum absolute atomic E-state index is 0.211. The first kappa shape index (κ1) is 9.00. The Morgan fingerprint density at radius 2 is 2.23 bits per heavy atom. The second-order valence-corrected chi connectivity index (χ2v) is 4.31. The van der Waals surface area contributed by atoms with Gasteiger partial charge >= 0.3 is 0 Å². The van der Waals surface area contributed by atoms with Crippen LogP contribution in [0.3, 0.4) is 0 Å². The van der Waals surface area contributed by atoms with Gasteiger partial charge in [-0.15, -0.1) is 0 Å². The third-order valence-corrected chi connectivity index (χ3v) is 2.82. The van der Waals surface area contributed by atoms with E-state index in [2.05, 4.69) is 21.2 Å². The van der Waals surface area contributed by atoms with Crippen LogP contribution in [0.5, 0.6) is 0 Å². The van der Waals surface area contributed by atoms with Gasteiger partial charge in [0.1, 0.15) is 5.82 Å². The molecule has 13 heavy (non-hydrogen) atoms. The Morgan fingerprint density at radius 1 is 1.46 bits per heavy atom. The fraction of sp³-hybridized carbons (Fsp3) is 0.400. The van der Waals surface area contributed by atoms with Crippen LogP contribution in [0.1, 0.15) is 12.8 Å². The monoisotopic (exact) mass is 243 g/mol.